The summed E-state index contributed by atoms with van der Waals surface area (Å²) >= 11 is 0. The van der Waals surface area contributed by atoms with Crippen molar-refractivity contribution < 1.29 is 0 Å². The third-order valence-corrected chi connectivity index (χ3v) is 4.84. The molecular weight excluding hydrogens is 286 g/mol. The molecule has 0 amide bonds. The first-order valence-corrected chi connectivity index (χ1v) is 8.80. The smallest absolute Gasteiger partial charge is 0.148 e. The van der Waals surface area contributed by atoms with E-state index in [1.807, 2.05) is 11.6 Å². The zero-order valence-corrected chi connectivity index (χ0v) is 14.1. The van der Waals surface area contributed by atoms with Crippen LogP contribution in [0.2, 0.25) is 0 Å². The fourth-order valence-electron chi connectivity index (χ4n) is 3.51. The number of likely N-dealkylation sites (tertiary alicyclic amines) is 1. The van der Waals surface area contributed by atoms with Crippen molar-refractivity contribution in [1.82, 2.24) is 25.1 Å². The Bertz CT molecular complexity index is 580. The zero-order chi connectivity index (χ0) is 15.9. The van der Waals surface area contributed by atoms with E-state index in [9.17, 15) is 0 Å². The van der Waals surface area contributed by atoms with E-state index in [1.54, 1.807) is 0 Å². The van der Waals surface area contributed by atoms with Crippen LogP contribution in [0.25, 0.3) is 0 Å². The Labute approximate surface area is 138 Å². The lowest BCUT2D eigenvalue weighted by atomic mass is 9.91. The summed E-state index contributed by atoms with van der Waals surface area (Å²) in [4.78, 5) is 2.62. The molecule has 1 unspecified atom stereocenters. The summed E-state index contributed by atoms with van der Waals surface area (Å²) in [6.45, 7) is 6.53. The van der Waals surface area contributed by atoms with Crippen molar-refractivity contribution in [2.45, 2.75) is 45.6 Å². The first kappa shape index (κ1) is 16.1. The van der Waals surface area contributed by atoms with Gasteiger partial charge < -0.3 is 4.90 Å². The van der Waals surface area contributed by atoms with E-state index in [-0.39, 0.29) is 0 Å². The van der Waals surface area contributed by atoms with Crippen LogP contribution in [0, 0.1) is 12.8 Å². The standard InChI is InChI=1S/C18H27N5/c1-16-19-20-21-23(16)14-6-13-22-12-5-9-18(15-22)11-10-17-7-3-2-4-8-17/h2-4,7-8,18H,5-6,9-15H2,1H3. The highest BCUT2D eigenvalue weighted by Crippen LogP contribution is 2.21. The van der Waals surface area contributed by atoms with Gasteiger partial charge in [0.25, 0.3) is 0 Å². The van der Waals surface area contributed by atoms with E-state index < -0.39 is 0 Å². The van der Waals surface area contributed by atoms with Crippen LogP contribution < -0.4 is 0 Å². The molecule has 2 aromatic rings. The highest BCUT2D eigenvalue weighted by molar-refractivity contribution is 5.14. The fraction of sp³-hybridized carbons (Fsp3) is 0.611. The number of aryl methyl sites for hydroxylation is 3. The summed E-state index contributed by atoms with van der Waals surface area (Å²) in [7, 11) is 0. The van der Waals surface area contributed by atoms with Crippen LogP contribution >= 0.6 is 0 Å². The molecule has 5 nitrogen and oxygen atoms in total. The molecule has 0 N–H and O–H groups in total. The van der Waals surface area contributed by atoms with Crippen LogP contribution in [-0.4, -0.2) is 44.7 Å². The average Bonchev–Trinajstić information content (AvgIpc) is 3.00. The lowest BCUT2D eigenvalue weighted by Crippen LogP contribution is -2.36. The Morgan fingerprint density at radius 1 is 1.17 bits per heavy atom. The maximum Gasteiger partial charge on any atom is 0.148 e. The summed E-state index contributed by atoms with van der Waals surface area (Å²) in [5, 5.41) is 11.7. The maximum atomic E-state index is 4.01. The van der Waals surface area contributed by atoms with Gasteiger partial charge in [0.15, 0.2) is 0 Å². The first-order chi connectivity index (χ1) is 11.3. The highest BCUT2D eigenvalue weighted by atomic mass is 15.5. The Morgan fingerprint density at radius 3 is 2.83 bits per heavy atom. The predicted molar refractivity (Wildman–Crippen MR) is 91.1 cm³/mol. The average molecular weight is 313 g/mol. The predicted octanol–water partition coefficient (Wildman–Crippen LogP) is 2.72. The molecule has 124 valence electrons. The molecular formula is C18H27N5. The second-order valence-corrected chi connectivity index (χ2v) is 6.64. The van der Waals surface area contributed by atoms with E-state index in [0.29, 0.717) is 0 Å². The number of nitrogens with zero attached hydrogens (tertiary/aromatic N) is 5. The van der Waals surface area contributed by atoms with Gasteiger partial charge in [-0.25, -0.2) is 4.68 Å². The lowest BCUT2D eigenvalue weighted by molar-refractivity contribution is 0.164. The molecule has 1 fully saturated rings. The van der Waals surface area contributed by atoms with E-state index in [2.05, 4.69) is 50.8 Å². The van der Waals surface area contributed by atoms with Crippen molar-refractivity contribution in [3.05, 3.63) is 41.7 Å². The van der Waals surface area contributed by atoms with Crippen molar-refractivity contribution in [2.24, 2.45) is 5.92 Å². The van der Waals surface area contributed by atoms with Crippen LogP contribution in [0.15, 0.2) is 30.3 Å². The minimum atomic E-state index is 0.846. The monoisotopic (exact) mass is 313 g/mol. The molecule has 3 rings (SSSR count). The number of tetrazole rings is 1. The number of piperidine rings is 1. The van der Waals surface area contributed by atoms with Crippen LogP contribution in [0.1, 0.15) is 37.1 Å². The largest absolute Gasteiger partial charge is 0.303 e. The van der Waals surface area contributed by atoms with Crippen molar-refractivity contribution in [1.29, 1.82) is 0 Å². The molecule has 0 aliphatic carbocycles. The number of hydrogen-bond donors (Lipinski definition) is 0. The van der Waals surface area contributed by atoms with Gasteiger partial charge in [-0.15, -0.1) is 5.10 Å². The molecule has 1 aromatic carbocycles. The van der Waals surface area contributed by atoms with E-state index >= 15 is 0 Å². The number of aromatic nitrogens is 4. The highest BCUT2D eigenvalue weighted by Gasteiger charge is 2.19. The molecule has 1 aromatic heterocycles. The van der Waals surface area contributed by atoms with Gasteiger partial charge in [-0.05, 0) is 74.0 Å². The second kappa shape index (κ2) is 8.20. The molecule has 1 aliphatic rings. The maximum absolute atomic E-state index is 4.01. The van der Waals surface area contributed by atoms with E-state index in [4.69, 9.17) is 0 Å². The molecule has 0 saturated carbocycles. The quantitative estimate of drug-likeness (QED) is 0.788. The van der Waals surface area contributed by atoms with Gasteiger partial charge in [0.2, 0.25) is 0 Å². The molecule has 0 bridgehead atoms. The number of benzene rings is 1. The van der Waals surface area contributed by atoms with Crippen molar-refractivity contribution >= 4 is 0 Å². The van der Waals surface area contributed by atoms with E-state index in [0.717, 1.165) is 31.3 Å². The summed E-state index contributed by atoms with van der Waals surface area (Å²) in [5.74, 6) is 1.75. The SMILES string of the molecule is Cc1nnnn1CCCN1CCCC(CCc2ccccc2)C1. The number of rotatable bonds is 7. The van der Waals surface area contributed by atoms with E-state index in [1.165, 1.54) is 44.3 Å². The van der Waals surface area contributed by atoms with Crippen LogP contribution in [0.3, 0.4) is 0 Å². The van der Waals surface area contributed by atoms with Gasteiger partial charge >= 0.3 is 0 Å². The lowest BCUT2D eigenvalue weighted by Gasteiger charge is -2.32. The van der Waals surface area contributed by atoms with Gasteiger partial charge in [-0.1, -0.05) is 30.3 Å². The van der Waals surface area contributed by atoms with Crippen LogP contribution in [0.4, 0.5) is 0 Å². The van der Waals surface area contributed by atoms with Gasteiger partial charge in [0, 0.05) is 13.1 Å². The Kier molecular flexibility index (Phi) is 5.75. The van der Waals surface area contributed by atoms with Gasteiger partial charge in [0.1, 0.15) is 5.82 Å². The van der Waals surface area contributed by atoms with Crippen LogP contribution in [0.5, 0.6) is 0 Å². The van der Waals surface area contributed by atoms with Crippen molar-refractivity contribution in [2.75, 3.05) is 19.6 Å². The topological polar surface area (TPSA) is 46.8 Å². The third-order valence-electron chi connectivity index (χ3n) is 4.84. The van der Waals surface area contributed by atoms with Gasteiger partial charge in [0.05, 0.1) is 0 Å². The van der Waals surface area contributed by atoms with Crippen molar-refractivity contribution in [3.63, 3.8) is 0 Å². The molecule has 1 atom stereocenters. The molecule has 1 aliphatic heterocycles. The second-order valence-electron chi connectivity index (χ2n) is 6.64. The zero-order valence-electron chi connectivity index (χ0n) is 14.1. The molecule has 5 heteroatoms. The van der Waals surface area contributed by atoms with Gasteiger partial charge in [-0.2, -0.15) is 0 Å². The Morgan fingerprint density at radius 2 is 2.04 bits per heavy atom. The molecule has 23 heavy (non-hydrogen) atoms. The Balaban J connectivity index is 1.38. The summed E-state index contributed by atoms with van der Waals surface area (Å²) in [6.07, 6.45) is 6.37. The fourth-order valence-corrected chi connectivity index (χ4v) is 3.51. The molecule has 0 radical (unpaired) electrons. The van der Waals surface area contributed by atoms with Crippen molar-refractivity contribution in [3.8, 4) is 0 Å². The summed E-state index contributed by atoms with van der Waals surface area (Å²) < 4.78 is 1.90. The van der Waals surface area contributed by atoms with Gasteiger partial charge in [-0.3, -0.25) is 0 Å². The summed E-state index contributed by atoms with van der Waals surface area (Å²) in [5.41, 5.74) is 1.47. The minimum absolute atomic E-state index is 0.846. The molecule has 0 spiro atoms. The van der Waals surface area contributed by atoms with Crippen LogP contribution in [-0.2, 0) is 13.0 Å². The number of hydrogen-bond acceptors (Lipinski definition) is 4. The minimum Gasteiger partial charge on any atom is -0.303 e. The first-order valence-electron chi connectivity index (χ1n) is 8.80. The normalized spacial score (nSPS) is 19.1. The molecule has 1 saturated heterocycles. The Hall–Kier alpha value is -1.75. The third kappa shape index (κ3) is 4.86. The molecule has 2 heterocycles. The summed E-state index contributed by atoms with van der Waals surface area (Å²) in [6, 6.07) is 10.9.